The van der Waals surface area contributed by atoms with Crippen LogP contribution in [0.1, 0.15) is 15.9 Å². The molecule has 0 saturated carbocycles. The summed E-state index contributed by atoms with van der Waals surface area (Å²) in [5.41, 5.74) is 2.07. The molecule has 0 aliphatic rings. The average Bonchev–Trinajstić information content (AvgIpc) is 2.81. The zero-order valence-corrected chi connectivity index (χ0v) is 10.1. The van der Waals surface area contributed by atoms with Gasteiger partial charge in [0, 0.05) is 19.8 Å². The third-order valence-electron chi connectivity index (χ3n) is 2.44. The molecule has 0 aromatic carbocycles. The lowest BCUT2D eigenvalue weighted by molar-refractivity contribution is 0.0697. The molecule has 17 heavy (non-hydrogen) atoms. The highest BCUT2D eigenvalue weighted by Crippen LogP contribution is 2.20. The Kier molecular flexibility index (Phi) is 3.39. The molecule has 0 radical (unpaired) electrons. The molecule has 88 valence electrons. The maximum absolute atomic E-state index is 11.1. The van der Waals surface area contributed by atoms with Gasteiger partial charge in [-0.25, -0.2) is 4.79 Å². The van der Waals surface area contributed by atoms with Gasteiger partial charge in [0.25, 0.3) is 0 Å². The Balaban J connectivity index is 2.24. The molecule has 2 heterocycles. The van der Waals surface area contributed by atoms with Crippen LogP contribution in [-0.4, -0.2) is 23.1 Å². The van der Waals surface area contributed by atoms with Crippen LogP contribution in [-0.2, 0) is 6.54 Å². The highest BCUT2D eigenvalue weighted by Gasteiger charge is 2.13. The van der Waals surface area contributed by atoms with E-state index in [1.165, 1.54) is 12.3 Å². The molecule has 0 aliphatic carbocycles. The summed E-state index contributed by atoms with van der Waals surface area (Å²) in [6.07, 6.45) is 3.07. The highest BCUT2D eigenvalue weighted by atomic mass is 32.1. The number of carboxylic acid groups (broad SMARTS) is 1. The number of hydrogen-bond donors (Lipinski definition) is 1. The summed E-state index contributed by atoms with van der Waals surface area (Å²) < 4.78 is 0. The molecule has 4 nitrogen and oxygen atoms in total. The molecule has 2 aromatic heterocycles. The number of aromatic nitrogens is 1. The largest absolute Gasteiger partial charge is 0.478 e. The molecule has 0 amide bonds. The van der Waals surface area contributed by atoms with Gasteiger partial charge in [0.2, 0.25) is 0 Å². The van der Waals surface area contributed by atoms with Crippen LogP contribution in [0.25, 0.3) is 0 Å². The van der Waals surface area contributed by atoms with Gasteiger partial charge in [0.15, 0.2) is 0 Å². The van der Waals surface area contributed by atoms with Crippen molar-refractivity contribution >= 4 is 23.0 Å². The number of anilines is 1. The van der Waals surface area contributed by atoms with Gasteiger partial charge in [-0.1, -0.05) is 0 Å². The SMILES string of the molecule is CN(Cc1ccsc1)c1cnccc1C(=O)O. The number of aromatic carboxylic acids is 1. The minimum absolute atomic E-state index is 0.276. The van der Waals surface area contributed by atoms with E-state index < -0.39 is 5.97 Å². The van der Waals surface area contributed by atoms with E-state index in [2.05, 4.69) is 4.98 Å². The molecule has 0 spiro atoms. The Morgan fingerprint density at radius 1 is 1.53 bits per heavy atom. The second-order valence-electron chi connectivity index (χ2n) is 3.69. The summed E-state index contributed by atoms with van der Waals surface area (Å²) in [6, 6.07) is 3.54. The van der Waals surface area contributed by atoms with Crippen LogP contribution < -0.4 is 4.90 Å². The first kappa shape index (κ1) is 11.6. The van der Waals surface area contributed by atoms with E-state index in [-0.39, 0.29) is 5.56 Å². The molecule has 5 heteroatoms. The molecule has 2 aromatic rings. The minimum Gasteiger partial charge on any atom is -0.478 e. The van der Waals surface area contributed by atoms with Crippen molar-refractivity contribution in [1.29, 1.82) is 0 Å². The Morgan fingerprint density at radius 2 is 2.35 bits per heavy atom. The highest BCUT2D eigenvalue weighted by molar-refractivity contribution is 7.07. The first-order chi connectivity index (χ1) is 8.18. The Hall–Kier alpha value is -1.88. The van der Waals surface area contributed by atoms with Crippen LogP contribution in [0.15, 0.2) is 35.3 Å². The molecular formula is C12H12N2O2S. The van der Waals surface area contributed by atoms with E-state index in [0.29, 0.717) is 12.2 Å². The average molecular weight is 248 g/mol. The Labute approximate surface area is 103 Å². The molecule has 0 saturated heterocycles. The van der Waals surface area contributed by atoms with Gasteiger partial charge in [-0.3, -0.25) is 4.98 Å². The smallest absolute Gasteiger partial charge is 0.337 e. The lowest BCUT2D eigenvalue weighted by atomic mass is 10.2. The van der Waals surface area contributed by atoms with Crippen molar-refractivity contribution in [3.05, 3.63) is 46.4 Å². The summed E-state index contributed by atoms with van der Waals surface area (Å²) in [5, 5.41) is 13.1. The van der Waals surface area contributed by atoms with Gasteiger partial charge >= 0.3 is 5.97 Å². The fourth-order valence-corrected chi connectivity index (χ4v) is 2.27. The van der Waals surface area contributed by atoms with Crippen LogP contribution in [0.2, 0.25) is 0 Å². The first-order valence-electron chi connectivity index (χ1n) is 5.08. The topological polar surface area (TPSA) is 53.4 Å². The fraction of sp³-hybridized carbons (Fsp3) is 0.167. The van der Waals surface area contributed by atoms with Crippen LogP contribution in [0.4, 0.5) is 5.69 Å². The van der Waals surface area contributed by atoms with E-state index >= 15 is 0 Å². The van der Waals surface area contributed by atoms with E-state index in [1.807, 2.05) is 28.8 Å². The molecule has 0 unspecified atom stereocenters. The first-order valence-corrected chi connectivity index (χ1v) is 6.02. The van der Waals surface area contributed by atoms with Gasteiger partial charge in [0.1, 0.15) is 0 Å². The number of rotatable bonds is 4. The number of carbonyl (C=O) groups is 1. The predicted molar refractivity (Wildman–Crippen MR) is 67.6 cm³/mol. The van der Waals surface area contributed by atoms with Crippen LogP contribution >= 0.6 is 11.3 Å². The maximum Gasteiger partial charge on any atom is 0.337 e. The van der Waals surface area contributed by atoms with E-state index in [9.17, 15) is 4.79 Å². The fourth-order valence-electron chi connectivity index (χ4n) is 1.61. The molecule has 1 N–H and O–H groups in total. The van der Waals surface area contributed by atoms with E-state index in [4.69, 9.17) is 5.11 Å². The molecule has 0 aliphatic heterocycles. The van der Waals surface area contributed by atoms with Crippen molar-refractivity contribution in [2.45, 2.75) is 6.54 Å². The molecule has 0 atom stereocenters. The summed E-state index contributed by atoms with van der Waals surface area (Å²) in [4.78, 5) is 16.9. The molecule has 0 fully saturated rings. The standard InChI is InChI=1S/C12H12N2O2S/c1-14(7-9-3-5-17-8-9)11-6-13-4-2-10(11)12(15)16/h2-6,8H,7H2,1H3,(H,15,16). The number of pyridine rings is 1. The Bertz CT molecular complexity index is 511. The quantitative estimate of drug-likeness (QED) is 0.903. The Morgan fingerprint density at radius 3 is 3.00 bits per heavy atom. The zero-order valence-electron chi connectivity index (χ0n) is 9.33. The monoisotopic (exact) mass is 248 g/mol. The number of carboxylic acids is 1. The van der Waals surface area contributed by atoms with Crippen LogP contribution in [0.3, 0.4) is 0 Å². The van der Waals surface area contributed by atoms with Crippen molar-refractivity contribution in [3.63, 3.8) is 0 Å². The van der Waals surface area contributed by atoms with Gasteiger partial charge in [-0.05, 0) is 28.5 Å². The number of thiophene rings is 1. The van der Waals surface area contributed by atoms with Gasteiger partial charge in [-0.15, -0.1) is 0 Å². The molecule has 0 bridgehead atoms. The molecular weight excluding hydrogens is 236 g/mol. The van der Waals surface area contributed by atoms with Gasteiger partial charge in [0.05, 0.1) is 17.4 Å². The number of hydrogen-bond acceptors (Lipinski definition) is 4. The van der Waals surface area contributed by atoms with Crippen molar-refractivity contribution in [1.82, 2.24) is 4.98 Å². The third-order valence-corrected chi connectivity index (χ3v) is 3.17. The second-order valence-corrected chi connectivity index (χ2v) is 4.47. The van der Waals surface area contributed by atoms with Crippen LogP contribution in [0, 0.1) is 0 Å². The van der Waals surface area contributed by atoms with Gasteiger partial charge in [-0.2, -0.15) is 11.3 Å². The second kappa shape index (κ2) is 4.97. The minimum atomic E-state index is -0.931. The van der Waals surface area contributed by atoms with E-state index in [1.54, 1.807) is 17.5 Å². The van der Waals surface area contributed by atoms with Crippen molar-refractivity contribution < 1.29 is 9.90 Å². The summed E-state index contributed by atoms with van der Waals surface area (Å²) in [5.74, 6) is -0.931. The summed E-state index contributed by atoms with van der Waals surface area (Å²) in [6.45, 7) is 0.676. The zero-order chi connectivity index (χ0) is 12.3. The molecule has 2 rings (SSSR count). The lowest BCUT2D eigenvalue weighted by Gasteiger charge is -2.19. The van der Waals surface area contributed by atoms with Crippen molar-refractivity contribution in [2.24, 2.45) is 0 Å². The van der Waals surface area contributed by atoms with Crippen LogP contribution in [0.5, 0.6) is 0 Å². The van der Waals surface area contributed by atoms with Crippen molar-refractivity contribution in [2.75, 3.05) is 11.9 Å². The lowest BCUT2D eigenvalue weighted by Crippen LogP contribution is -2.19. The predicted octanol–water partition coefficient (Wildman–Crippen LogP) is 2.48. The van der Waals surface area contributed by atoms with Crippen molar-refractivity contribution in [3.8, 4) is 0 Å². The number of nitrogens with zero attached hydrogens (tertiary/aromatic N) is 2. The normalized spacial score (nSPS) is 10.2. The summed E-state index contributed by atoms with van der Waals surface area (Å²) >= 11 is 1.63. The third kappa shape index (κ3) is 2.62. The summed E-state index contributed by atoms with van der Waals surface area (Å²) in [7, 11) is 1.86. The van der Waals surface area contributed by atoms with Gasteiger partial charge < -0.3 is 10.0 Å². The van der Waals surface area contributed by atoms with E-state index in [0.717, 1.165) is 5.56 Å². The maximum atomic E-state index is 11.1.